The van der Waals surface area contributed by atoms with Crippen LogP contribution in [0.4, 0.5) is 0 Å². The van der Waals surface area contributed by atoms with Crippen LogP contribution in [0.25, 0.3) is 6.08 Å². The average Bonchev–Trinajstić information content (AvgIpc) is 2.40. The van der Waals surface area contributed by atoms with Gasteiger partial charge in [-0.25, -0.2) is 0 Å². The lowest BCUT2D eigenvalue weighted by Crippen LogP contribution is -2.02. The van der Waals surface area contributed by atoms with Crippen LogP contribution in [-0.2, 0) is 30.1 Å². The molecule has 0 aromatic heterocycles. The van der Waals surface area contributed by atoms with Gasteiger partial charge in [-0.15, -0.1) is 0 Å². The van der Waals surface area contributed by atoms with Gasteiger partial charge >= 0.3 is 10.4 Å². The Kier molecular flexibility index (Phi) is 12.7. The van der Waals surface area contributed by atoms with Crippen LogP contribution < -0.4 is 0 Å². The molecular weight excluding hydrogens is 296 g/mol. The Hall–Kier alpha value is -1.10. The van der Waals surface area contributed by atoms with Crippen molar-refractivity contribution in [2.75, 3.05) is 14.2 Å². The largest absolute Gasteiger partial charge is 0.399 e. The lowest BCUT2D eigenvalue weighted by atomic mass is 10.2. The van der Waals surface area contributed by atoms with Gasteiger partial charge < -0.3 is 0 Å². The van der Waals surface area contributed by atoms with E-state index in [0.29, 0.717) is 0 Å². The maximum Gasteiger partial charge on any atom is 0.399 e. The van der Waals surface area contributed by atoms with E-state index >= 15 is 0 Å². The highest BCUT2D eigenvalue weighted by Gasteiger charge is 2.01. The lowest BCUT2D eigenvalue weighted by Gasteiger charge is -1.91. The van der Waals surface area contributed by atoms with Gasteiger partial charge in [-0.3, -0.25) is 17.5 Å². The molecule has 110 valence electrons. The Balaban J connectivity index is 0. The summed E-state index contributed by atoms with van der Waals surface area (Å²) in [6.07, 6.45) is 1.83. The van der Waals surface area contributed by atoms with E-state index in [4.69, 9.17) is 13.3 Å². The van der Waals surface area contributed by atoms with Crippen molar-refractivity contribution in [3.8, 4) is 0 Å². The molecule has 0 spiro atoms. The van der Waals surface area contributed by atoms with Crippen molar-refractivity contribution in [1.29, 1.82) is 0 Å². The predicted octanol–water partition coefficient (Wildman–Crippen LogP) is 1.53. The van der Waals surface area contributed by atoms with E-state index in [1.807, 2.05) is 36.4 Å². The van der Waals surface area contributed by atoms with Gasteiger partial charge in [-0.05, 0) is 5.56 Å². The van der Waals surface area contributed by atoms with Gasteiger partial charge in [0.1, 0.15) is 0 Å². The maximum absolute atomic E-state index is 9.92. The topological polar surface area (TPSA) is 110 Å². The molecule has 0 aliphatic heterocycles. The lowest BCUT2D eigenvalue weighted by molar-refractivity contribution is 0.286. The van der Waals surface area contributed by atoms with Crippen molar-refractivity contribution >= 4 is 27.8 Å². The molecule has 2 N–H and O–H groups in total. The number of hydrogen-bond donors (Lipinski definition) is 2. The normalized spacial score (nSPS) is 9.74. The molecule has 1 rings (SSSR count). The summed E-state index contributed by atoms with van der Waals surface area (Å²) >= 11 is -2.61. The highest BCUT2D eigenvalue weighted by atomic mass is 32.3. The van der Waals surface area contributed by atoms with Crippen LogP contribution in [0.15, 0.2) is 36.9 Å². The van der Waals surface area contributed by atoms with Crippen molar-refractivity contribution in [1.82, 2.24) is 0 Å². The number of hydrogen-bond acceptors (Lipinski definition) is 5. The quantitative estimate of drug-likeness (QED) is 0.814. The highest BCUT2D eigenvalue weighted by molar-refractivity contribution is 7.81. The molecule has 7 nitrogen and oxygen atoms in total. The van der Waals surface area contributed by atoms with Crippen LogP contribution in [0.5, 0.6) is 0 Å². The van der Waals surface area contributed by atoms with Crippen LogP contribution in [0.3, 0.4) is 0 Å². The molecule has 0 atom stereocenters. The van der Waals surface area contributed by atoms with E-state index in [0.717, 1.165) is 14.2 Å². The molecule has 0 bridgehead atoms. The van der Waals surface area contributed by atoms with E-state index in [2.05, 4.69) is 14.9 Å². The molecular formula is C10H16O7S2. The minimum Gasteiger partial charge on any atom is -0.284 e. The van der Waals surface area contributed by atoms with E-state index < -0.39 is 21.8 Å². The summed E-state index contributed by atoms with van der Waals surface area (Å²) in [5.41, 5.74) is 1.17. The fraction of sp³-hybridized carbons (Fsp3) is 0.200. The van der Waals surface area contributed by atoms with Crippen LogP contribution in [0.2, 0.25) is 0 Å². The SMILES string of the molecule is C=Cc1ccccc1.COS(=O)(=O)OC.O=S(O)O. The zero-order valence-electron chi connectivity index (χ0n) is 10.4. The molecule has 1 aromatic carbocycles. The Morgan fingerprint density at radius 3 is 1.68 bits per heavy atom. The van der Waals surface area contributed by atoms with E-state index in [9.17, 15) is 8.42 Å². The van der Waals surface area contributed by atoms with Crippen molar-refractivity contribution in [3.05, 3.63) is 42.5 Å². The third kappa shape index (κ3) is 16.9. The first kappa shape index (κ1) is 20.2. The molecule has 1 aromatic rings. The highest BCUT2D eigenvalue weighted by Crippen LogP contribution is 1.97. The summed E-state index contributed by atoms with van der Waals surface area (Å²) < 4.78 is 50.4. The number of benzene rings is 1. The van der Waals surface area contributed by atoms with Gasteiger partial charge in [0.25, 0.3) is 11.4 Å². The molecule has 0 saturated carbocycles. The molecule has 0 radical (unpaired) electrons. The van der Waals surface area contributed by atoms with Crippen molar-refractivity contribution in [2.24, 2.45) is 0 Å². The summed E-state index contributed by atoms with van der Waals surface area (Å²) in [6, 6.07) is 10.0. The monoisotopic (exact) mass is 312 g/mol. The standard InChI is InChI=1S/C8H8.C2H6O4S.H2O3S/c1-2-8-6-4-3-5-7-8;1-5-7(3,4)6-2;1-4(2)3/h2-7H,1H2;1-2H3;(H2,1,2,3). The van der Waals surface area contributed by atoms with Crippen LogP contribution in [0, 0.1) is 0 Å². The zero-order valence-corrected chi connectivity index (χ0v) is 12.1. The Morgan fingerprint density at radius 2 is 1.53 bits per heavy atom. The van der Waals surface area contributed by atoms with E-state index in [-0.39, 0.29) is 0 Å². The van der Waals surface area contributed by atoms with Crippen molar-refractivity contribution < 1.29 is 30.1 Å². The van der Waals surface area contributed by atoms with Gasteiger partial charge in [0.05, 0.1) is 14.2 Å². The molecule has 0 unspecified atom stereocenters. The summed E-state index contributed by atoms with van der Waals surface area (Å²) in [6.45, 7) is 3.63. The first-order chi connectivity index (χ1) is 8.79. The number of rotatable bonds is 3. The van der Waals surface area contributed by atoms with Gasteiger partial charge in [0, 0.05) is 0 Å². The van der Waals surface area contributed by atoms with E-state index in [1.165, 1.54) is 5.56 Å². The molecule has 0 aliphatic rings. The zero-order chi connectivity index (χ0) is 15.3. The molecule has 0 fully saturated rings. The smallest absolute Gasteiger partial charge is 0.284 e. The summed E-state index contributed by atoms with van der Waals surface area (Å²) in [7, 11) is -1.60. The minimum atomic E-state index is -3.66. The Bertz CT molecular complexity index is 442. The molecule has 19 heavy (non-hydrogen) atoms. The minimum absolute atomic E-state index is 1.03. The first-order valence-corrected chi connectivity index (χ1v) is 7.02. The van der Waals surface area contributed by atoms with Crippen molar-refractivity contribution in [2.45, 2.75) is 0 Å². The molecule has 0 aliphatic carbocycles. The van der Waals surface area contributed by atoms with Crippen LogP contribution in [-0.4, -0.2) is 36.0 Å². The predicted molar refractivity (Wildman–Crippen MR) is 72.9 cm³/mol. The average molecular weight is 312 g/mol. The van der Waals surface area contributed by atoms with E-state index in [1.54, 1.807) is 0 Å². The summed E-state index contributed by atoms with van der Waals surface area (Å²) in [4.78, 5) is 0. The second-order valence-corrected chi connectivity index (χ2v) is 4.53. The fourth-order valence-corrected chi connectivity index (χ4v) is 0.793. The van der Waals surface area contributed by atoms with Gasteiger partial charge in [0.15, 0.2) is 0 Å². The van der Waals surface area contributed by atoms with Crippen LogP contribution in [0.1, 0.15) is 5.56 Å². The molecule has 0 saturated heterocycles. The summed E-state index contributed by atoms with van der Waals surface area (Å²) in [5.74, 6) is 0. The Labute approximate surface area is 115 Å². The molecule has 0 heterocycles. The third-order valence-corrected chi connectivity index (χ3v) is 2.26. The molecule has 0 amide bonds. The second kappa shape index (κ2) is 12.0. The van der Waals surface area contributed by atoms with Crippen LogP contribution >= 0.6 is 0 Å². The first-order valence-electron chi connectivity index (χ1n) is 4.62. The third-order valence-electron chi connectivity index (χ3n) is 1.44. The van der Waals surface area contributed by atoms with Gasteiger partial charge in [-0.2, -0.15) is 12.6 Å². The Morgan fingerprint density at radius 1 is 1.16 bits per heavy atom. The second-order valence-electron chi connectivity index (χ2n) is 2.59. The fourth-order valence-electron chi connectivity index (χ4n) is 0.657. The summed E-state index contributed by atoms with van der Waals surface area (Å²) in [5, 5.41) is 0. The van der Waals surface area contributed by atoms with Crippen molar-refractivity contribution in [3.63, 3.8) is 0 Å². The molecule has 9 heteroatoms. The van der Waals surface area contributed by atoms with Gasteiger partial charge in [0.2, 0.25) is 0 Å². The van der Waals surface area contributed by atoms with Gasteiger partial charge in [-0.1, -0.05) is 43.0 Å². The maximum atomic E-state index is 9.92.